The van der Waals surface area contributed by atoms with Crippen molar-refractivity contribution in [1.29, 1.82) is 0 Å². The van der Waals surface area contributed by atoms with E-state index in [1.54, 1.807) is 0 Å². The van der Waals surface area contributed by atoms with Crippen LogP contribution in [0.5, 0.6) is 0 Å². The largest absolute Gasteiger partial charge is 0.370 e. The molecule has 1 aromatic carbocycles. The van der Waals surface area contributed by atoms with Crippen molar-refractivity contribution in [2.24, 2.45) is 11.7 Å². The number of anilines is 1. The number of amides is 1. The van der Waals surface area contributed by atoms with Crippen LogP contribution in [0.1, 0.15) is 39.2 Å². The van der Waals surface area contributed by atoms with Gasteiger partial charge < -0.3 is 16.0 Å². The predicted octanol–water partition coefficient (Wildman–Crippen LogP) is 2.28. The van der Waals surface area contributed by atoms with Crippen molar-refractivity contribution in [3.05, 3.63) is 29.8 Å². The van der Waals surface area contributed by atoms with E-state index in [9.17, 15) is 4.79 Å². The number of hydrogen-bond acceptors (Lipinski definition) is 3. The molecule has 21 heavy (non-hydrogen) atoms. The molecule has 0 radical (unpaired) electrons. The van der Waals surface area contributed by atoms with Crippen LogP contribution in [0.4, 0.5) is 5.69 Å². The van der Waals surface area contributed by atoms with Gasteiger partial charge in [0.2, 0.25) is 5.91 Å². The van der Waals surface area contributed by atoms with Crippen LogP contribution in [0.2, 0.25) is 0 Å². The molecule has 1 aliphatic heterocycles. The molecule has 3 N–H and O–H groups in total. The summed E-state index contributed by atoms with van der Waals surface area (Å²) in [4.78, 5) is 13.8. The highest BCUT2D eigenvalue weighted by Gasteiger charge is 2.25. The van der Waals surface area contributed by atoms with Crippen LogP contribution in [0.3, 0.4) is 0 Å². The summed E-state index contributed by atoms with van der Waals surface area (Å²) in [6.45, 7) is 9.06. The first-order valence-corrected chi connectivity index (χ1v) is 7.74. The van der Waals surface area contributed by atoms with E-state index in [-0.39, 0.29) is 17.4 Å². The lowest BCUT2D eigenvalue weighted by Gasteiger charge is -2.34. The average Bonchev–Trinajstić information content (AvgIpc) is 2.45. The third kappa shape index (κ3) is 4.46. The first-order chi connectivity index (χ1) is 9.87. The summed E-state index contributed by atoms with van der Waals surface area (Å²) in [5, 5.41) is 3.53. The number of primary amides is 1. The summed E-state index contributed by atoms with van der Waals surface area (Å²) in [6.07, 6.45) is 1.93. The lowest BCUT2D eigenvalue weighted by Crippen LogP contribution is -2.42. The van der Waals surface area contributed by atoms with E-state index in [0.29, 0.717) is 0 Å². The van der Waals surface area contributed by atoms with Crippen molar-refractivity contribution in [3.8, 4) is 0 Å². The Hall–Kier alpha value is -1.55. The zero-order valence-electron chi connectivity index (χ0n) is 13.4. The van der Waals surface area contributed by atoms with Crippen molar-refractivity contribution in [3.63, 3.8) is 0 Å². The topological polar surface area (TPSA) is 58.4 Å². The molecular weight excluding hydrogens is 262 g/mol. The van der Waals surface area contributed by atoms with Crippen molar-refractivity contribution in [1.82, 2.24) is 5.32 Å². The Morgan fingerprint density at radius 3 is 2.76 bits per heavy atom. The number of nitrogens with two attached hydrogens (primary N) is 1. The summed E-state index contributed by atoms with van der Waals surface area (Å²) in [6, 6.07) is 8.42. The summed E-state index contributed by atoms with van der Waals surface area (Å²) in [5.41, 5.74) is 8.07. The van der Waals surface area contributed by atoms with Crippen molar-refractivity contribution in [2.45, 2.75) is 45.7 Å². The van der Waals surface area contributed by atoms with Crippen molar-refractivity contribution < 1.29 is 4.79 Å². The molecule has 0 saturated carbocycles. The standard InChI is InChI=1S/C17H27N3O/c1-17(2,3)19-11-13-7-4-5-9-15(13)20-10-6-8-14(12-20)16(18)21/h4-5,7,9,14,19H,6,8,10-12H2,1-3H3,(H2,18,21). The number of nitrogens with one attached hydrogen (secondary N) is 1. The molecule has 1 unspecified atom stereocenters. The average molecular weight is 289 g/mol. The van der Waals surface area contributed by atoms with Crippen LogP contribution in [-0.2, 0) is 11.3 Å². The minimum absolute atomic E-state index is 0.0256. The number of nitrogens with zero attached hydrogens (tertiary/aromatic N) is 1. The number of para-hydroxylation sites is 1. The molecule has 1 saturated heterocycles. The Morgan fingerprint density at radius 1 is 1.38 bits per heavy atom. The fraction of sp³-hybridized carbons (Fsp3) is 0.588. The molecule has 1 aromatic rings. The van der Waals surface area contributed by atoms with E-state index in [2.05, 4.69) is 55.3 Å². The molecule has 0 spiro atoms. The number of carbonyl (C=O) groups is 1. The minimum atomic E-state index is -0.176. The summed E-state index contributed by atoms with van der Waals surface area (Å²) < 4.78 is 0. The van der Waals surface area contributed by atoms with Crippen LogP contribution in [0.15, 0.2) is 24.3 Å². The second-order valence-electron chi connectivity index (χ2n) is 6.92. The maximum absolute atomic E-state index is 11.5. The highest BCUT2D eigenvalue weighted by Crippen LogP contribution is 2.26. The van der Waals surface area contributed by atoms with Gasteiger partial charge in [-0.2, -0.15) is 0 Å². The Morgan fingerprint density at radius 2 is 2.10 bits per heavy atom. The molecule has 4 nitrogen and oxygen atoms in total. The maximum atomic E-state index is 11.5. The summed E-state index contributed by atoms with van der Waals surface area (Å²) >= 11 is 0. The van der Waals surface area contributed by atoms with Crippen LogP contribution in [0.25, 0.3) is 0 Å². The SMILES string of the molecule is CC(C)(C)NCc1ccccc1N1CCCC(C(N)=O)C1. The van der Waals surface area contributed by atoms with Gasteiger partial charge in [-0.1, -0.05) is 18.2 Å². The van der Waals surface area contributed by atoms with Crippen LogP contribution in [0, 0.1) is 5.92 Å². The normalized spacial score (nSPS) is 19.6. The van der Waals surface area contributed by atoms with E-state index >= 15 is 0 Å². The molecule has 4 heteroatoms. The predicted molar refractivity (Wildman–Crippen MR) is 87.2 cm³/mol. The van der Waals surface area contributed by atoms with Crippen LogP contribution in [-0.4, -0.2) is 24.5 Å². The van der Waals surface area contributed by atoms with Crippen LogP contribution < -0.4 is 16.0 Å². The Labute approximate surface area is 127 Å². The zero-order valence-corrected chi connectivity index (χ0v) is 13.4. The van der Waals surface area contributed by atoms with Gasteiger partial charge in [0, 0.05) is 30.9 Å². The van der Waals surface area contributed by atoms with Crippen LogP contribution >= 0.6 is 0 Å². The second-order valence-corrected chi connectivity index (χ2v) is 6.92. The molecule has 1 aliphatic rings. The second kappa shape index (κ2) is 6.48. The summed E-state index contributed by atoms with van der Waals surface area (Å²) in [7, 11) is 0. The molecule has 1 heterocycles. The molecule has 1 fully saturated rings. The highest BCUT2D eigenvalue weighted by atomic mass is 16.1. The fourth-order valence-corrected chi connectivity index (χ4v) is 2.76. The van der Waals surface area contributed by atoms with E-state index in [1.165, 1.54) is 11.3 Å². The maximum Gasteiger partial charge on any atom is 0.222 e. The molecule has 1 amide bonds. The first-order valence-electron chi connectivity index (χ1n) is 7.74. The monoisotopic (exact) mass is 289 g/mol. The van der Waals surface area contributed by atoms with Gasteiger partial charge in [0.15, 0.2) is 0 Å². The van der Waals surface area contributed by atoms with E-state index in [4.69, 9.17) is 5.73 Å². The fourth-order valence-electron chi connectivity index (χ4n) is 2.76. The third-order valence-electron chi connectivity index (χ3n) is 3.97. The van der Waals surface area contributed by atoms with Gasteiger partial charge in [0.25, 0.3) is 0 Å². The Kier molecular flexibility index (Phi) is 4.88. The van der Waals surface area contributed by atoms with Gasteiger partial charge in [-0.25, -0.2) is 0 Å². The van der Waals surface area contributed by atoms with E-state index in [1.807, 2.05) is 0 Å². The van der Waals surface area contributed by atoms with Gasteiger partial charge in [-0.15, -0.1) is 0 Å². The number of hydrogen-bond donors (Lipinski definition) is 2. The molecule has 0 bridgehead atoms. The van der Waals surface area contributed by atoms with E-state index in [0.717, 1.165) is 32.5 Å². The molecule has 2 rings (SSSR count). The number of carbonyl (C=O) groups excluding carboxylic acids is 1. The molecule has 116 valence electrons. The quantitative estimate of drug-likeness (QED) is 0.894. The number of rotatable bonds is 4. The lowest BCUT2D eigenvalue weighted by atomic mass is 9.96. The third-order valence-corrected chi connectivity index (χ3v) is 3.97. The smallest absolute Gasteiger partial charge is 0.222 e. The summed E-state index contributed by atoms with van der Waals surface area (Å²) in [5.74, 6) is -0.202. The number of benzene rings is 1. The van der Waals surface area contributed by atoms with Gasteiger partial charge in [0.05, 0.1) is 5.92 Å². The number of piperidine rings is 1. The molecule has 0 aliphatic carbocycles. The zero-order chi connectivity index (χ0) is 15.5. The lowest BCUT2D eigenvalue weighted by molar-refractivity contribution is -0.122. The molecular formula is C17H27N3O. The van der Waals surface area contributed by atoms with Gasteiger partial charge in [-0.3, -0.25) is 4.79 Å². The molecule has 1 atom stereocenters. The van der Waals surface area contributed by atoms with Gasteiger partial charge >= 0.3 is 0 Å². The van der Waals surface area contributed by atoms with Gasteiger partial charge in [-0.05, 0) is 45.2 Å². The van der Waals surface area contributed by atoms with E-state index < -0.39 is 0 Å². The Bertz CT molecular complexity index is 493. The molecule has 0 aromatic heterocycles. The Balaban J connectivity index is 2.13. The first kappa shape index (κ1) is 15.8. The minimum Gasteiger partial charge on any atom is -0.370 e. The van der Waals surface area contributed by atoms with Crippen molar-refractivity contribution >= 4 is 11.6 Å². The highest BCUT2D eigenvalue weighted by molar-refractivity contribution is 5.77. The van der Waals surface area contributed by atoms with Crippen molar-refractivity contribution in [2.75, 3.05) is 18.0 Å². The van der Waals surface area contributed by atoms with Gasteiger partial charge in [0.1, 0.15) is 0 Å².